The summed E-state index contributed by atoms with van der Waals surface area (Å²) in [7, 11) is 0. The Balaban J connectivity index is 1.41. The fourth-order valence-electron chi connectivity index (χ4n) is 3.65. The molecule has 0 saturated heterocycles. The van der Waals surface area contributed by atoms with Crippen LogP contribution in [0, 0.1) is 6.92 Å². The maximum absolute atomic E-state index is 12.9. The van der Waals surface area contributed by atoms with Gasteiger partial charge < -0.3 is 19.7 Å². The third-order valence-corrected chi connectivity index (χ3v) is 5.00. The van der Waals surface area contributed by atoms with Crippen LogP contribution in [-0.4, -0.2) is 35.6 Å². The van der Waals surface area contributed by atoms with E-state index in [1.54, 1.807) is 24.3 Å². The van der Waals surface area contributed by atoms with Crippen molar-refractivity contribution >= 4 is 23.2 Å². The molecular formula is C22H20N4O3. The standard InChI is InChI=1S/C22H20N4O3/c1-14-12-17(21(27)24-16-6-7-19-20(13-16)29-11-10-28-19)25-22(23-14)26-9-8-15-4-2-3-5-18(15)26/h2-7,12-13H,8-11H2,1H3,(H,24,27). The van der Waals surface area contributed by atoms with E-state index in [1.807, 2.05) is 19.1 Å². The minimum Gasteiger partial charge on any atom is -0.486 e. The number of nitrogens with zero attached hydrogens (tertiary/aromatic N) is 3. The molecule has 29 heavy (non-hydrogen) atoms. The van der Waals surface area contributed by atoms with Crippen molar-refractivity contribution in [3.8, 4) is 11.5 Å². The topological polar surface area (TPSA) is 76.6 Å². The second kappa shape index (κ2) is 7.09. The summed E-state index contributed by atoms with van der Waals surface area (Å²) in [6.45, 7) is 3.69. The lowest BCUT2D eigenvalue weighted by Gasteiger charge is -2.19. The molecule has 7 heteroatoms. The summed E-state index contributed by atoms with van der Waals surface area (Å²) in [6, 6.07) is 15.2. The highest BCUT2D eigenvalue weighted by molar-refractivity contribution is 6.03. The van der Waals surface area contributed by atoms with Gasteiger partial charge in [0.05, 0.1) is 0 Å². The van der Waals surface area contributed by atoms with Crippen molar-refractivity contribution in [3.05, 3.63) is 65.5 Å². The number of anilines is 3. The third-order valence-electron chi connectivity index (χ3n) is 5.00. The zero-order valence-corrected chi connectivity index (χ0v) is 16.0. The molecule has 1 aromatic heterocycles. The summed E-state index contributed by atoms with van der Waals surface area (Å²) in [5, 5.41) is 2.89. The Labute approximate surface area is 168 Å². The average Bonchev–Trinajstić information content (AvgIpc) is 3.17. The smallest absolute Gasteiger partial charge is 0.274 e. The van der Waals surface area contributed by atoms with Crippen LogP contribution in [0.5, 0.6) is 11.5 Å². The van der Waals surface area contributed by atoms with E-state index >= 15 is 0 Å². The lowest BCUT2D eigenvalue weighted by atomic mass is 10.2. The Hall–Kier alpha value is -3.61. The van der Waals surface area contributed by atoms with Crippen LogP contribution >= 0.6 is 0 Å². The molecule has 0 unspecified atom stereocenters. The highest BCUT2D eigenvalue weighted by Crippen LogP contribution is 2.34. The highest BCUT2D eigenvalue weighted by atomic mass is 16.6. The first-order chi connectivity index (χ1) is 14.2. The third kappa shape index (κ3) is 3.35. The number of carbonyl (C=O) groups is 1. The average molecular weight is 388 g/mol. The molecular weight excluding hydrogens is 368 g/mol. The molecule has 0 radical (unpaired) electrons. The van der Waals surface area contributed by atoms with E-state index in [4.69, 9.17) is 9.47 Å². The summed E-state index contributed by atoms with van der Waals surface area (Å²) in [4.78, 5) is 24.0. The number of hydrogen-bond donors (Lipinski definition) is 1. The van der Waals surface area contributed by atoms with Crippen molar-refractivity contribution in [2.45, 2.75) is 13.3 Å². The number of nitrogens with one attached hydrogen (secondary N) is 1. The fourth-order valence-corrected chi connectivity index (χ4v) is 3.65. The number of amides is 1. The van der Waals surface area contributed by atoms with E-state index in [0.717, 1.165) is 24.3 Å². The Kier molecular flexibility index (Phi) is 4.27. The first-order valence-corrected chi connectivity index (χ1v) is 9.59. The van der Waals surface area contributed by atoms with Gasteiger partial charge in [0.25, 0.3) is 5.91 Å². The SMILES string of the molecule is Cc1cc(C(=O)Nc2ccc3c(c2)OCCO3)nc(N2CCc3ccccc32)n1. The maximum Gasteiger partial charge on any atom is 0.274 e. The van der Waals surface area contributed by atoms with Crippen molar-refractivity contribution in [1.82, 2.24) is 9.97 Å². The van der Waals surface area contributed by atoms with Gasteiger partial charge in [-0.2, -0.15) is 0 Å². The molecule has 3 aromatic rings. The minimum atomic E-state index is -0.291. The van der Waals surface area contributed by atoms with Crippen LogP contribution in [0.1, 0.15) is 21.7 Å². The lowest BCUT2D eigenvalue weighted by Crippen LogP contribution is -2.21. The van der Waals surface area contributed by atoms with Crippen molar-refractivity contribution in [2.24, 2.45) is 0 Å². The molecule has 0 bridgehead atoms. The molecule has 7 nitrogen and oxygen atoms in total. The van der Waals surface area contributed by atoms with Gasteiger partial charge in [0.15, 0.2) is 11.5 Å². The second-order valence-corrected chi connectivity index (χ2v) is 7.04. The van der Waals surface area contributed by atoms with Gasteiger partial charge in [-0.3, -0.25) is 4.79 Å². The second-order valence-electron chi connectivity index (χ2n) is 7.04. The summed E-state index contributed by atoms with van der Waals surface area (Å²) < 4.78 is 11.1. The number of hydrogen-bond acceptors (Lipinski definition) is 6. The minimum absolute atomic E-state index is 0.291. The largest absolute Gasteiger partial charge is 0.486 e. The van der Waals surface area contributed by atoms with Gasteiger partial charge in [0.1, 0.15) is 18.9 Å². The van der Waals surface area contributed by atoms with E-state index in [1.165, 1.54) is 5.56 Å². The summed E-state index contributed by atoms with van der Waals surface area (Å²) in [5.41, 5.74) is 4.05. The van der Waals surface area contributed by atoms with Gasteiger partial charge in [-0.25, -0.2) is 9.97 Å². The molecule has 5 rings (SSSR count). The first-order valence-electron chi connectivity index (χ1n) is 9.59. The molecule has 3 heterocycles. The molecule has 1 N–H and O–H groups in total. The summed E-state index contributed by atoms with van der Waals surface area (Å²) >= 11 is 0. The van der Waals surface area contributed by atoms with Gasteiger partial charge in [0.2, 0.25) is 5.95 Å². The normalized spacial score (nSPS) is 14.4. The molecule has 0 aliphatic carbocycles. The molecule has 2 aliphatic rings. The van der Waals surface area contributed by atoms with E-state index in [-0.39, 0.29) is 5.91 Å². The Morgan fingerprint density at radius 3 is 2.76 bits per heavy atom. The number of rotatable bonds is 3. The number of para-hydroxylation sites is 1. The van der Waals surface area contributed by atoms with Crippen molar-refractivity contribution in [1.29, 1.82) is 0 Å². The number of aryl methyl sites for hydroxylation is 1. The van der Waals surface area contributed by atoms with Crippen molar-refractivity contribution in [3.63, 3.8) is 0 Å². The molecule has 146 valence electrons. The lowest BCUT2D eigenvalue weighted by molar-refractivity contribution is 0.102. The molecule has 0 fully saturated rings. The monoisotopic (exact) mass is 388 g/mol. The van der Waals surface area contributed by atoms with E-state index < -0.39 is 0 Å². The highest BCUT2D eigenvalue weighted by Gasteiger charge is 2.23. The Bertz CT molecular complexity index is 1100. The van der Waals surface area contributed by atoms with Crippen molar-refractivity contribution < 1.29 is 14.3 Å². The number of ether oxygens (including phenoxy) is 2. The number of fused-ring (bicyclic) bond motifs is 2. The number of carbonyl (C=O) groups excluding carboxylic acids is 1. The molecule has 2 aromatic carbocycles. The van der Waals surface area contributed by atoms with E-state index in [2.05, 4.69) is 32.3 Å². The van der Waals surface area contributed by atoms with Crippen molar-refractivity contribution in [2.75, 3.05) is 30.0 Å². The quantitative estimate of drug-likeness (QED) is 0.740. The Morgan fingerprint density at radius 2 is 1.86 bits per heavy atom. The van der Waals surface area contributed by atoms with Crippen LogP contribution in [0.25, 0.3) is 0 Å². The van der Waals surface area contributed by atoms with Gasteiger partial charge >= 0.3 is 0 Å². The number of benzene rings is 2. The zero-order chi connectivity index (χ0) is 19.8. The van der Waals surface area contributed by atoms with E-state index in [9.17, 15) is 4.79 Å². The predicted octanol–water partition coefficient (Wildman–Crippen LogP) is 3.50. The zero-order valence-electron chi connectivity index (χ0n) is 16.0. The predicted molar refractivity (Wildman–Crippen MR) is 109 cm³/mol. The summed E-state index contributed by atoms with van der Waals surface area (Å²) in [6.07, 6.45) is 0.937. The van der Waals surface area contributed by atoms with Gasteiger partial charge in [-0.15, -0.1) is 0 Å². The number of aromatic nitrogens is 2. The van der Waals surface area contributed by atoms with Crippen LogP contribution in [0.4, 0.5) is 17.3 Å². The van der Waals surface area contributed by atoms with Crippen LogP contribution in [0.2, 0.25) is 0 Å². The van der Waals surface area contributed by atoms with Gasteiger partial charge in [-0.05, 0) is 43.2 Å². The molecule has 1 amide bonds. The van der Waals surface area contributed by atoms with Crippen LogP contribution < -0.4 is 19.7 Å². The molecule has 0 saturated carbocycles. The van der Waals surface area contributed by atoms with Crippen LogP contribution in [0.3, 0.4) is 0 Å². The van der Waals surface area contributed by atoms with Crippen LogP contribution in [-0.2, 0) is 6.42 Å². The molecule has 0 atom stereocenters. The van der Waals surface area contributed by atoms with E-state index in [0.29, 0.717) is 42.0 Å². The van der Waals surface area contributed by atoms with Crippen LogP contribution in [0.15, 0.2) is 48.5 Å². The molecule has 0 spiro atoms. The maximum atomic E-state index is 12.9. The molecule has 2 aliphatic heterocycles. The first kappa shape index (κ1) is 17.5. The van der Waals surface area contributed by atoms with Gasteiger partial charge in [-0.1, -0.05) is 18.2 Å². The van der Waals surface area contributed by atoms with Gasteiger partial charge in [0, 0.05) is 29.7 Å². The fraction of sp³-hybridized carbons (Fsp3) is 0.227. The summed E-state index contributed by atoms with van der Waals surface area (Å²) in [5.74, 6) is 1.56. The Morgan fingerprint density at radius 1 is 1.03 bits per heavy atom.